The van der Waals surface area contributed by atoms with Crippen LogP contribution < -0.4 is 15.5 Å². The van der Waals surface area contributed by atoms with E-state index in [0.717, 1.165) is 0 Å². The zero-order valence-corrected chi connectivity index (χ0v) is 15.3. The van der Waals surface area contributed by atoms with Crippen LogP contribution in [0.3, 0.4) is 0 Å². The Morgan fingerprint density at radius 1 is 1.19 bits per heavy atom. The van der Waals surface area contributed by atoms with Gasteiger partial charge in [0.05, 0.1) is 17.8 Å². The summed E-state index contributed by atoms with van der Waals surface area (Å²) in [7, 11) is 0. The molecule has 0 atom stereocenters. The van der Waals surface area contributed by atoms with Crippen LogP contribution in [0.1, 0.15) is 15.9 Å². The van der Waals surface area contributed by atoms with Gasteiger partial charge in [0.25, 0.3) is 5.91 Å². The first kappa shape index (κ1) is 18.3. The lowest BCUT2D eigenvalue weighted by Gasteiger charge is -2.29. The predicted molar refractivity (Wildman–Crippen MR) is 96.9 cm³/mol. The second-order valence-corrected chi connectivity index (χ2v) is 6.78. The second-order valence-electron chi connectivity index (χ2n) is 5.86. The SMILES string of the molecule is O=C1CN(c2ccc(CNC(=O)c3cc(Br)ccc3F)cc2F)CCN1. The first-order valence-electron chi connectivity index (χ1n) is 7.97. The van der Waals surface area contributed by atoms with Crippen molar-refractivity contribution in [1.29, 1.82) is 0 Å². The molecule has 0 radical (unpaired) electrons. The highest BCUT2D eigenvalue weighted by molar-refractivity contribution is 9.10. The first-order valence-corrected chi connectivity index (χ1v) is 8.76. The van der Waals surface area contributed by atoms with E-state index in [4.69, 9.17) is 0 Å². The van der Waals surface area contributed by atoms with Crippen LogP contribution in [0.2, 0.25) is 0 Å². The number of benzene rings is 2. The highest BCUT2D eigenvalue weighted by Gasteiger charge is 2.19. The number of nitrogens with one attached hydrogen (secondary N) is 2. The van der Waals surface area contributed by atoms with Gasteiger partial charge in [-0.05, 0) is 35.9 Å². The number of hydrogen-bond donors (Lipinski definition) is 2. The molecule has 0 saturated carbocycles. The van der Waals surface area contributed by atoms with Crippen LogP contribution >= 0.6 is 15.9 Å². The van der Waals surface area contributed by atoms with E-state index in [2.05, 4.69) is 26.6 Å². The summed E-state index contributed by atoms with van der Waals surface area (Å²) in [5.41, 5.74) is 0.792. The number of hydrogen-bond acceptors (Lipinski definition) is 3. The number of carbonyl (C=O) groups is 2. The maximum absolute atomic E-state index is 14.4. The minimum atomic E-state index is -0.629. The van der Waals surface area contributed by atoms with E-state index in [1.54, 1.807) is 17.0 Å². The van der Waals surface area contributed by atoms with E-state index in [1.807, 2.05) is 0 Å². The van der Waals surface area contributed by atoms with Gasteiger partial charge in [0.2, 0.25) is 5.91 Å². The van der Waals surface area contributed by atoms with E-state index in [1.165, 1.54) is 24.3 Å². The Morgan fingerprint density at radius 2 is 2.00 bits per heavy atom. The number of amides is 2. The summed E-state index contributed by atoms with van der Waals surface area (Å²) < 4.78 is 28.7. The van der Waals surface area contributed by atoms with Crippen LogP contribution in [0.5, 0.6) is 0 Å². The molecule has 1 heterocycles. The van der Waals surface area contributed by atoms with E-state index in [-0.39, 0.29) is 24.6 Å². The summed E-state index contributed by atoms with van der Waals surface area (Å²) in [6, 6.07) is 8.63. The third-order valence-corrected chi connectivity index (χ3v) is 4.51. The average Bonchev–Trinajstić information content (AvgIpc) is 2.61. The molecular weight excluding hydrogens is 408 g/mol. The number of piperazine rings is 1. The highest BCUT2D eigenvalue weighted by Crippen LogP contribution is 2.21. The van der Waals surface area contributed by atoms with E-state index < -0.39 is 17.5 Å². The quantitative estimate of drug-likeness (QED) is 0.794. The van der Waals surface area contributed by atoms with Gasteiger partial charge in [0, 0.05) is 24.1 Å². The number of nitrogens with zero attached hydrogens (tertiary/aromatic N) is 1. The molecule has 1 aliphatic rings. The largest absolute Gasteiger partial charge is 0.358 e. The fourth-order valence-corrected chi connectivity index (χ4v) is 3.07. The Morgan fingerprint density at radius 3 is 2.73 bits per heavy atom. The van der Waals surface area contributed by atoms with Crippen LogP contribution in [0, 0.1) is 11.6 Å². The molecule has 0 spiro atoms. The van der Waals surface area contributed by atoms with E-state index in [9.17, 15) is 18.4 Å². The lowest BCUT2D eigenvalue weighted by atomic mass is 10.1. The molecule has 3 rings (SSSR count). The molecule has 1 fully saturated rings. The number of anilines is 1. The smallest absolute Gasteiger partial charge is 0.254 e. The predicted octanol–water partition coefficient (Wildman–Crippen LogP) is 2.59. The Hall–Kier alpha value is -2.48. The summed E-state index contributed by atoms with van der Waals surface area (Å²) in [4.78, 5) is 25.2. The van der Waals surface area contributed by atoms with Crippen molar-refractivity contribution in [3.8, 4) is 0 Å². The zero-order chi connectivity index (χ0) is 18.7. The topological polar surface area (TPSA) is 61.4 Å². The van der Waals surface area contributed by atoms with Crippen LogP contribution in [-0.4, -0.2) is 31.4 Å². The van der Waals surface area contributed by atoms with Gasteiger partial charge in [0.1, 0.15) is 11.6 Å². The van der Waals surface area contributed by atoms with Crippen molar-refractivity contribution < 1.29 is 18.4 Å². The lowest BCUT2D eigenvalue weighted by molar-refractivity contribution is -0.120. The maximum Gasteiger partial charge on any atom is 0.254 e. The summed E-state index contributed by atoms with van der Waals surface area (Å²) >= 11 is 3.19. The Balaban J connectivity index is 1.67. The molecule has 2 aromatic rings. The van der Waals surface area contributed by atoms with Gasteiger partial charge in [-0.25, -0.2) is 8.78 Å². The summed E-state index contributed by atoms with van der Waals surface area (Å²) in [5, 5.41) is 5.26. The average molecular weight is 424 g/mol. The van der Waals surface area contributed by atoms with Crippen molar-refractivity contribution in [2.75, 3.05) is 24.5 Å². The van der Waals surface area contributed by atoms with Crippen molar-refractivity contribution in [3.05, 3.63) is 63.6 Å². The molecule has 136 valence electrons. The molecule has 0 aromatic heterocycles. The van der Waals surface area contributed by atoms with Gasteiger partial charge < -0.3 is 15.5 Å². The molecule has 1 aliphatic heterocycles. The van der Waals surface area contributed by atoms with Gasteiger partial charge in [-0.15, -0.1) is 0 Å². The second kappa shape index (κ2) is 7.82. The standard InChI is InChI=1S/C18H16BrF2N3O2/c19-12-2-3-14(20)13(8-12)18(26)23-9-11-1-4-16(15(21)7-11)24-6-5-22-17(25)10-24/h1-4,7-8H,5-6,9-10H2,(H,22,25)(H,23,26). The monoisotopic (exact) mass is 423 g/mol. The third kappa shape index (κ3) is 4.19. The van der Waals surface area contributed by atoms with Crippen LogP contribution in [0.4, 0.5) is 14.5 Å². The van der Waals surface area contributed by atoms with Gasteiger partial charge in [0.15, 0.2) is 0 Å². The number of carbonyl (C=O) groups excluding carboxylic acids is 2. The molecule has 5 nitrogen and oxygen atoms in total. The molecule has 8 heteroatoms. The van der Waals surface area contributed by atoms with E-state index >= 15 is 0 Å². The van der Waals surface area contributed by atoms with Crippen molar-refractivity contribution >= 4 is 33.4 Å². The van der Waals surface area contributed by atoms with Crippen molar-refractivity contribution in [3.63, 3.8) is 0 Å². The van der Waals surface area contributed by atoms with Crippen molar-refractivity contribution in [1.82, 2.24) is 10.6 Å². The molecule has 0 unspecified atom stereocenters. The molecule has 2 amide bonds. The van der Waals surface area contributed by atoms with Gasteiger partial charge in [-0.2, -0.15) is 0 Å². The van der Waals surface area contributed by atoms with Gasteiger partial charge in [-0.1, -0.05) is 22.0 Å². The van der Waals surface area contributed by atoms with Crippen molar-refractivity contribution in [2.24, 2.45) is 0 Å². The molecule has 1 saturated heterocycles. The van der Waals surface area contributed by atoms with Gasteiger partial charge >= 0.3 is 0 Å². The molecule has 0 aliphatic carbocycles. The fourth-order valence-electron chi connectivity index (χ4n) is 2.71. The van der Waals surface area contributed by atoms with Gasteiger partial charge in [-0.3, -0.25) is 9.59 Å². The molecular formula is C18H16BrF2N3O2. The summed E-state index contributed by atoms with van der Waals surface area (Å²) in [5.74, 6) is -1.83. The number of halogens is 3. The van der Waals surface area contributed by atoms with Crippen molar-refractivity contribution in [2.45, 2.75) is 6.54 Å². The normalized spacial score (nSPS) is 14.1. The third-order valence-electron chi connectivity index (χ3n) is 4.02. The maximum atomic E-state index is 14.4. The summed E-state index contributed by atoms with van der Waals surface area (Å²) in [6.07, 6.45) is 0. The molecule has 0 bridgehead atoms. The number of rotatable bonds is 4. The Kier molecular flexibility index (Phi) is 5.51. The minimum Gasteiger partial charge on any atom is -0.358 e. The highest BCUT2D eigenvalue weighted by atomic mass is 79.9. The first-order chi connectivity index (χ1) is 12.4. The summed E-state index contributed by atoms with van der Waals surface area (Å²) in [6.45, 7) is 1.16. The fraction of sp³-hybridized carbons (Fsp3) is 0.222. The molecule has 2 N–H and O–H groups in total. The Bertz CT molecular complexity index is 860. The minimum absolute atomic E-state index is 0.0580. The Labute approximate surface area is 157 Å². The lowest BCUT2D eigenvalue weighted by Crippen LogP contribution is -2.48. The molecule has 26 heavy (non-hydrogen) atoms. The van der Waals surface area contributed by atoms with Crippen LogP contribution in [-0.2, 0) is 11.3 Å². The zero-order valence-electron chi connectivity index (χ0n) is 13.7. The van der Waals surface area contributed by atoms with Crippen LogP contribution in [0.15, 0.2) is 40.9 Å². The molecule has 2 aromatic carbocycles. The van der Waals surface area contributed by atoms with Crippen LogP contribution in [0.25, 0.3) is 0 Å². The van der Waals surface area contributed by atoms with E-state index in [0.29, 0.717) is 28.8 Å².